The van der Waals surface area contributed by atoms with Gasteiger partial charge in [0.1, 0.15) is 6.10 Å². The van der Waals surface area contributed by atoms with Gasteiger partial charge in [0.25, 0.3) is 0 Å². The lowest BCUT2D eigenvalue weighted by Gasteiger charge is -2.19. The molecule has 1 aromatic rings. The summed E-state index contributed by atoms with van der Waals surface area (Å²) in [5, 5.41) is 26.9. The van der Waals surface area contributed by atoms with E-state index in [2.05, 4.69) is 0 Å². The lowest BCUT2D eigenvalue weighted by molar-refractivity contribution is -0.174. The Balaban J connectivity index is 2.71. The molecule has 0 saturated carbocycles. The molecule has 0 aliphatic rings. The summed E-state index contributed by atoms with van der Waals surface area (Å²) >= 11 is 0. The van der Waals surface area contributed by atoms with Crippen LogP contribution in [-0.2, 0) is 14.3 Å². The smallest absolute Gasteiger partial charge is 0.338 e. The lowest BCUT2D eigenvalue weighted by atomic mass is 10.1. The van der Waals surface area contributed by atoms with Crippen LogP contribution < -0.4 is 0 Å². The van der Waals surface area contributed by atoms with Crippen LogP contribution in [0.4, 0.5) is 0 Å². The van der Waals surface area contributed by atoms with Gasteiger partial charge < -0.3 is 20.1 Å². The van der Waals surface area contributed by atoms with E-state index in [0.717, 1.165) is 5.56 Å². The number of benzene rings is 1. The zero-order chi connectivity index (χ0) is 14.4. The number of aliphatic hydroxyl groups excluding tert-OH is 2. The molecule has 1 aromatic carbocycles. The van der Waals surface area contributed by atoms with Gasteiger partial charge in [0.15, 0.2) is 12.2 Å². The Morgan fingerprint density at radius 3 is 2.21 bits per heavy atom. The molecule has 3 N–H and O–H groups in total. The molecule has 1 rings (SSSR count). The van der Waals surface area contributed by atoms with Crippen LogP contribution in [-0.4, -0.2) is 39.5 Å². The van der Waals surface area contributed by atoms with Crippen molar-refractivity contribution in [2.45, 2.75) is 31.7 Å². The van der Waals surface area contributed by atoms with Crippen LogP contribution in [0.2, 0.25) is 0 Å². The third kappa shape index (κ3) is 4.04. The molecule has 0 amide bonds. The average molecular weight is 268 g/mol. The minimum absolute atomic E-state index is 0.464. The van der Waals surface area contributed by atoms with Crippen molar-refractivity contribution >= 4 is 11.9 Å². The maximum Gasteiger partial charge on any atom is 0.338 e. The number of rotatable bonds is 6. The highest BCUT2D eigenvalue weighted by Gasteiger charge is 2.32. The Morgan fingerprint density at radius 1 is 1.16 bits per heavy atom. The van der Waals surface area contributed by atoms with E-state index in [4.69, 9.17) is 14.9 Å². The van der Waals surface area contributed by atoms with E-state index in [1.165, 1.54) is 0 Å². The molecule has 19 heavy (non-hydrogen) atoms. The largest absolute Gasteiger partial charge is 0.479 e. The van der Waals surface area contributed by atoms with Crippen LogP contribution in [0.1, 0.15) is 25.0 Å². The zero-order valence-electron chi connectivity index (χ0n) is 10.4. The van der Waals surface area contributed by atoms with E-state index in [1.54, 1.807) is 37.3 Å². The third-order valence-corrected chi connectivity index (χ3v) is 2.59. The summed E-state index contributed by atoms with van der Waals surface area (Å²) < 4.78 is 5.01. The zero-order valence-corrected chi connectivity index (χ0v) is 10.4. The first-order valence-corrected chi connectivity index (χ1v) is 5.81. The first-order valence-electron chi connectivity index (χ1n) is 5.81. The Kier molecular flexibility index (Phi) is 5.47. The molecule has 3 unspecified atom stereocenters. The molecule has 0 aromatic heterocycles. The van der Waals surface area contributed by atoms with E-state index in [1.807, 2.05) is 0 Å². The second-order valence-corrected chi connectivity index (χ2v) is 3.97. The summed E-state index contributed by atoms with van der Waals surface area (Å²) in [7, 11) is 0. The Bertz CT molecular complexity index is 430. The second-order valence-electron chi connectivity index (χ2n) is 3.97. The Morgan fingerprint density at radius 2 is 1.74 bits per heavy atom. The van der Waals surface area contributed by atoms with Crippen molar-refractivity contribution in [1.82, 2.24) is 0 Å². The van der Waals surface area contributed by atoms with Crippen LogP contribution in [0.15, 0.2) is 30.3 Å². The number of aliphatic hydroxyl groups is 2. The van der Waals surface area contributed by atoms with Gasteiger partial charge in [-0.25, -0.2) is 9.59 Å². The van der Waals surface area contributed by atoms with Crippen LogP contribution in [0.5, 0.6) is 0 Å². The highest BCUT2D eigenvalue weighted by Crippen LogP contribution is 2.21. The van der Waals surface area contributed by atoms with Gasteiger partial charge >= 0.3 is 11.9 Å². The van der Waals surface area contributed by atoms with E-state index in [0.29, 0.717) is 6.42 Å². The van der Waals surface area contributed by atoms with E-state index < -0.39 is 30.3 Å². The van der Waals surface area contributed by atoms with Crippen LogP contribution in [0.3, 0.4) is 0 Å². The predicted molar refractivity (Wildman–Crippen MR) is 65.2 cm³/mol. The van der Waals surface area contributed by atoms with E-state index >= 15 is 0 Å². The number of carboxylic acid groups (broad SMARTS) is 1. The number of ether oxygens (including phenoxy) is 1. The minimum Gasteiger partial charge on any atom is -0.479 e. The van der Waals surface area contributed by atoms with Crippen molar-refractivity contribution in [1.29, 1.82) is 0 Å². The van der Waals surface area contributed by atoms with Crippen molar-refractivity contribution in [3.05, 3.63) is 35.9 Å². The molecule has 0 heterocycles. The van der Waals surface area contributed by atoms with Crippen molar-refractivity contribution in [3.63, 3.8) is 0 Å². The normalized spacial score (nSPS) is 15.3. The standard InChI is InChI=1S/C13H16O6/c1-2-9(8-6-4-3-5-7-8)19-13(18)11(15)10(14)12(16)17/h3-7,9-11,14-15H,2H2,1H3,(H,16,17). The monoisotopic (exact) mass is 268 g/mol. The highest BCUT2D eigenvalue weighted by molar-refractivity contribution is 5.84. The van der Waals surface area contributed by atoms with Crippen molar-refractivity contribution in [2.75, 3.05) is 0 Å². The quantitative estimate of drug-likeness (QED) is 0.648. The molecule has 0 spiro atoms. The highest BCUT2D eigenvalue weighted by atomic mass is 16.6. The molecule has 0 fully saturated rings. The molecular weight excluding hydrogens is 252 g/mol. The fraction of sp³-hybridized carbons (Fsp3) is 0.385. The number of carbonyl (C=O) groups excluding carboxylic acids is 1. The molecule has 3 atom stereocenters. The summed E-state index contributed by atoms with van der Waals surface area (Å²) in [6.45, 7) is 1.78. The van der Waals surface area contributed by atoms with Gasteiger partial charge in [-0.3, -0.25) is 0 Å². The number of hydrogen-bond donors (Lipinski definition) is 3. The van der Waals surface area contributed by atoms with Crippen molar-refractivity contribution < 1.29 is 29.6 Å². The van der Waals surface area contributed by atoms with Gasteiger partial charge in [0, 0.05) is 0 Å². The molecular formula is C13H16O6. The summed E-state index contributed by atoms with van der Waals surface area (Å²) in [5.41, 5.74) is 0.732. The molecule has 104 valence electrons. The second kappa shape index (κ2) is 6.86. The number of aliphatic carboxylic acids is 1. The fourth-order valence-electron chi connectivity index (χ4n) is 1.53. The Hall–Kier alpha value is -1.92. The number of esters is 1. The molecule has 0 radical (unpaired) electrons. The number of hydrogen-bond acceptors (Lipinski definition) is 5. The van der Waals surface area contributed by atoms with Crippen molar-refractivity contribution in [2.24, 2.45) is 0 Å². The number of carbonyl (C=O) groups is 2. The van der Waals surface area contributed by atoms with Crippen LogP contribution >= 0.6 is 0 Å². The summed E-state index contributed by atoms with van der Waals surface area (Å²) in [4.78, 5) is 22.0. The summed E-state index contributed by atoms with van der Waals surface area (Å²) in [6.07, 6.45) is -4.42. The summed E-state index contributed by atoms with van der Waals surface area (Å²) in [5.74, 6) is -2.84. The van der Waals surface area contributed by atoms with Gasteiger partial charge in [0.2, 0.25) is 0 Å². The van der Waals surface area contributed by atoms with Gasteiger partial charge in [-0.15, -0.1) is 0 Å². The molecule has 0 aliphatic heterocycles. The van der Waals surface area contributed by atoms with Crippen LogP contribution in [0, 0.1) is 0 Å². The predicted octanol–water partition coefficient (Wildman–Crippen LogP) is 0.487. The van der Waals surface area contributed by atoms with Gasteiger partial charge in [-0.2, -0.15) is 0 Å². The molecule has 0 saturated heterocycles. The summed E-state index contributed by atoms with van der Waals surface area (Å²) in [6, 6.07) is 8.85. The van der Waals surface area contributed by atoms with Crippen LogP contribution in [0.25, 0.3) is 0 Å². The number of carboxylic acids is 1. The first kappa shape index (κ1) is 15.1. The first-order chi connectivity index (χ1) is 8.97. The maximum absolute atomic E-state index is 11.5. The SMILES string of the molecule is CCC(OC(=O)C(O)C(O)C(=O)O)c1ccccc1. The maximum atomic E-state index is 11.5. The van der Waals surface area contributed by atoms with Gasteiger partial charge in [-0.05, 0) is 12.0 Å². The topological polar surface area (TPSA) is 104 Å². The van der Waals surface area contributed by atoms with Gasteiger partial charge in [0.05, 0.1) is 0 Å². The molecule has 0 bridgehead atoms. The lowest BCUT2D eigenvalue weighted by Crippen LogP contribution is -2.41. The van der Waals surface area contributed by atoms with E-state index in [9.17, 15) is 14.7 Å². The Labute approximate surface area is 110 Å². The molecule has 0 aliphatic carbocycles. The molecule has 6 heteroatoms. The van der Waals surface area contributed by atoms with Crippen molar-refractivity contribution in [3.8, 4) is 0 Å². The molecule has 6 nitrogen and oxygen atoms in total. The van der Waals surface area contributed by atoms with E-state index in [-0.39, 0.29) is 0 Å². The average Bonchev–Trinajstić information content (AvgIpc) is 2.43. The minimum atomic E-state index is -2.19. The third-order valence-electron chi connectivity index (χ3n) is 2.59. The fourth-order valence-corrected chi connectivity index (χ4v) is 1.53. The van der Waals surface area contributed by atoms with Gasteiger partial charge in [-0.1, -0.05) is 37.3 Å².